The standard InChI is InChI=1S/C19H22N2O3/c1-12-7-8-13(2)16(11-12)20-17(22)9-10-21-18(23)14-5-3-4-6-15(14)19(21)24/h3-4,7-8,11,14-15H,5-6,9-10H2,1-2H3,(H,20,22)/t14-,15-/m1/s1. The molecule has 1 aromatic rings. The van der Waals surface area contributed by atoms with Gasteiger partial charge in [-0.25, -0.2) is 0 Å². The number of carbonyl (C=O) groups excluding carboxylic acids is 3. The van der Waals surface area contributed by atoms with Gasteiger partial charge in [0.2, 0.25) is 17.7 Å². The smallest absolute Gasteiger partial charge is 0.233 e. The second kappa shape index (κ2) is 6.59. The van der Waals surface area contributed by atoms with Gasteiger partial charge in [-0.3, -0.25) is 19.3 Å². The summed E-state index contributed by atoms with van der Waals surface area (Å²) in [5.41, 5.74) is 2.83. The summed E-state index contributed by atoms with van der Waals surface area (Å²) in [6.45, 7) is 4.05. The van der Waals surface area contributed by atoms with Crippen molar-refractivity contribution in [3.8, 4) is 0 Å². The summed E-state index contributed by atoms with van der Waals surface area (Å²) in [4.78, 5) is 38.2. The lowest BCUT2D eigenvalue weighted by atomic mass is 9.85. The molecular formula is C19H22N2O3. The number of benzene rings is 1. The number of fused-ring (bicyclic) bond motifs is 1. The first kappa shape index (κ1) is 16.4. The Morgan fingerprint density at radius 3 is 2.38 bits per heavy atom. The molecular weight excluding hydrogens is 304 g/mol. The molecule has 3 amide bonds. The summed E-state index contributed by atoms with van der Waals surface area (Å²) in [6, 6.07) is 5.86. The number of aryl methyl sites for hydroxylation is 2. The number of hydrogen-bond acceptors (Lipinski definition) is 3. The largest absolute Gasteiger partial charge is 0.326 e. The summed E-state index contributed by atoms with van der Waals surface area (Å²) in [6.07, 6.45) is 5.30. The van der Waals surface area contributed by atoms with Crippen molar-refractivity contribution < 1.29 is 14.4 Å². The van der Waals surface area contributed by atoms with Gasteiger partial charge in [-0.15, -0.1) is 0 Å². The molecule has 1 N–H and O–H groups in total. The molecule has 0 unspecified atom stereocenters. The highest BCUT2D eigenvalue weighted by Crippen LogP contribution is 2.35. The van der Waals surface area contributed by atoms with Gasteiger partial charge in [-0.2, -0.15) is 0 Å². The van der Waals surface area contributed by atoms with Crippen molar-refractivity contribution in [3.05, 3.63) is 41.5 Å². The third-order valence-electron chi connectivity index (χ3n) is 4.83. The van der Waals surface area contributed by atoms with E-state index in [0.29, 0.717) is 12.8 Å². The van der Waals surface area contributed by atoms with Gasteiger partial charge in [-0.1, -0.05) is 24.3 Å². The number of amides is 3. The van der Waals surface area contributed by atoms with Gasteiger partial charge < -0.3 is 5.32 Å². The Kier molecular flexibility index (Phi) is 4.51. The van der Waals surface area contributed by atoms with Gasteiger partial charge in [-0.05, 0) is 43.9 Å². The molecule has 1 fully saturated rings. The number of nitrogens with one attached hydrogen (secondary N) is 1. The maximum atomic E-state index is 12.4. The molecule has 0 saturated carbocycles. The number of nitrogens with zero attached hydrogens (tertiary/aromatic N) is 1. The van der Waals surface area contributed by atoms with Crippen molar-refractivity contribution in [2.45, 2.75) is 33.1 Å². The highest BCUT2D eigenvalue weighted by atomic mass is 16.2. The van der Waals surface area contributed by atoms with Gasteiger partial charge in [0.05, 0.1) is 11.8 Å². The Hall–Kier alpha value is -2.43. The number of likely N-dealkylation sites (tertiary alicyclic amines) is 1. The second-order valence-electron chi connectivity index (χ2n) is 6.60. The summed E-state index contributed by atoms with van der Waals surface area (Å²) in [5, 5.41) is 2.87. The van der Waals surface area contributed by atoms with Crippen molar-refractivity contribution in [2.75, 3.05) is 11.9 Å². The second-order valence-corrected chi connectivity index (χ2v) is 6.60. The van der Waals surface area contributed by atoms with E-state index in [9.17, 15) is 14.4 Å². The van der Waals surface area contributed by atoms with Crippen LogP contribution in [0.1, 0.15) is 30.4 Å². The lowest BCUT2D eigenvalue weighted by molar-refractivity contribution is -0.140. The third kappa shape index (κ3) is 3.11. The lowest BCUT2D eigenvalue weighted by Gasteiger charge is -2.15. The summed E-state index contributed by atoms with van der Waals surface area (Å²) in [7, 11) is 0. The van der Waals surface area contributed by atoms with Crippen molar-refractivity contribution in [1.29, 1.82) is 0 Å². The molecule has 0 aromatic heterocycles. The van der Waals surface area contributed by atoms with Gasteiger partial charge in [0, 0.05) is 18.7 Å². The van der Waals surface area contributed by atoms with Crippen LogP contribution in [0.3, 0.4) is 0 Å². The average molecular weight is 326 g/mol. The number of hydrogen-bond donors (Lipinski definition) is 1. The van der Waals surface area contributed by atoms with E-state index in [1.165, 1.54) is 4.90 Å². The van der Waals surface area contributed by atoms with Crippen LogP contribution >= 0.6 is 0 Å². The minimum Gasteiger partial charge on any atom is -0.326 e. The van der Waals surface area contributed by atoms with Gasteiger partial charge in [0.1, 0.15) is 0 Å². The number of rotatable bonds is 4. The first-order valence-corrected chi connectivity index (χ1v) is 8.34. The molecule has 0 radical (unpaired) electrons. The van der Waals surface area contributed by atoms with E-state index >= 15 is 0 Å². The van der Waals surface area contributed by atoms with E-state index in [4.69, 9.17) is 0 Å². The van der Waals surface area contributed by atoms with E-state index in [0.717, 1.165) is 16.8 Å². The molecule has 3 rings (SSSR count). The van der Waals surface area contributed by atoms with Crippen LogP contribution in [0.4, 0.5) is 5.69 Å². The van der Waals surface area contributed by atoms with Gasteiger partial charge in [0.25, 0.3) is 0 Å². The molecule has 1 heterocycles. The Balaban J connectivity index is 1.59. The molecule has 0 spiro atoms. The highest BCUT2D eigenvalue weighted by Gasteiger charge is 2.46. The first-order valence-electron chi connectivity index (χ1n) is 8.34. The van der Waals surface area contributed by atoms with E-state index in [-0.39, 0.29) is 42.5 Å². The maximum Gasteiger partial charge on any atom is 0.233 e. The zero-order chi connectivity index (χ0) is 17.3. The molecule has 5 heteroatoms. The summed E-state index contributed by atoms with van der Waals surface area (Å²) in [5.74, 6) is -0.908. The fraction of sp³-hybridized carbons (Fsp3) is 0.421. The quantitative estimate of drug-likeness (QED) is 0.683. The minimum absolute atomic E-state index is 0.123. The van der Waals surface area contributed by atoms with Crippen LogP contribution in [0.2, 0.25) is 0 Å². The SMILES string of the molecule is Cc1ccc(C)c(NC(=O)CCN2C(=O)[C@@H]3CC=CC[C@H]3C2=O)c1. The molecule has 1 aliphatic carbocycles. The molecule has 126 valence electrons. The van der Waals surface area contributed by atoms with Crippen LogP contribution in [0, 0.1) is 25.7 Å². The molecule has 2 aliphatic rings. The van der Waals surface area contributed by atoms with E-state index in [1.54, 1.807) is 0 Å². The Bertz CT molecular complexity index is 697. The predicted molar refractivity (Wildman–Crippen MR) is 91.2 cm³/mol. The number of imide groups is 1. The Morgan fingerprint density at radius 1 is 1.12 bits per heavy atom. The van der Waals surface area contributed by atoms with E-state index < -0.39 is 0 Å². The van der Waals surface area contributed by atoms with Gasteiger partial charge in [0.15, 0.2) is 0 Å². The van der Waals surface area contributed by atoms with Crippen LogP contribution in [0.15, 0.2) is 30.4 Å². The average Bonchev–Trinajstić information content (AvgIpc) is 2.81. The topological polar surface area (TPSA) is 66.5 Å². The molecule has 0 bridgehead atoms. The van der Waals surface area contributed by atoms with Crippen molar-refractivity contribution in [2.24, 2.45) is 11.8 Å². The Morgan fingerprint density at radius 2 is 1.75 bits per heavy atom. The minimum atomic E-state index is -0.232. The van der Waals surface area contributed by atoms with Crippen LogP contribution < -0.4 is 5.32 Å². The number of carbonyl (C=O) groups is 3. The highest BCUT2D eigenvalue weighted by molar-refractivity contribution is 6.05. The van der Waals surface area contributed by atoms with Crippen LogP contribution in [0.5, 0.6) is 0 Å². The van der Waals surface area contributed by atoms with Crippen LogP contribution in [-0.4, -0.2) is 29.2 Å². The monoisotopic (exact) mass is 326 g/mol. The summed E-state index contributed by atoms with van der Waals surface area (Å²) < 4.78 is 0. The molecule has 1 aliphatic heterocycles. The maximum absolute atomic E-state index is 12.4. The van der Waals surface area contributed by atoms with E-state index in [2.05, 4.69) is 5.32 Å². The third-order valence-corrected chi connectivity index (χ3v) is 4.83. The predicted octanol–water partition coefficient (Wildman–Crippen LogP) is 2.58. The fourth-order valence-electron chi connectivity index (χ4n) is 3.39. The summed E-state index contributed by atoms with van der Waals surface area (Å²) >= 11 is 0. The van der Waals surface area contributed by atoms with Crippen molar-refractivity contribution in [1.82, 2.24) is 4.90 Å². The fourth-order valence-corrected chi connectivity index (χ4v) is 3.39. The Labute approximate surface area is 141 Å². The molecule has 1 aromatic carbocycles. The van der Waals surface area contributed by atoms with Crippen molar-refractivity contribution >= 4 is 23.4 Å². The number of anilines is 1. The zero-order valence-electron chi connectivity index (χ0n) is 14.0. The molecule has 2 atom stereocenters. The van der Waals surface area contributed by atoms with Gasteiger partial charge >= 0.3 is 0 Å². The molecule has 5 nitrogen and oxygen atoms in total. The van der Waals surface area contributed by atoms with Crippen LogP contribution in [0.25, 0.3) is 0 Å². The van der Waals surface area contributed by atoms with Crippen molar-refractivity contribution in [3.63, 3.8) is 0 Å². The lowest BCUT2D eigenvalue weighted by Crippen LogP contribution is -2.34. The normalized spacial score (nSPS) is 22.7. The van der Waals surface area contributed by atoms with Crippen LogP contribution in [-0.2, 0) is 14.4 Å². The first-order chi connectivity index (χ1) is 11.5. The molecule has 24 heavy (non-hydrogen) atoms. The zero-order valence-corrected chi connectivity index (χ0v) is 14.0. The number of allylic oxidation sites excluding steroid dienone is 2. The molecule has 1 saturated heterocycles. The van der Waals surface area contributed by atoms with E-state index in [1.807, 2.05) is 44.2 Å².